The second-order valence-electron chi connectivity index (χ2n) is 2.64. The van der Waals surface area contributed by atoms with Gasteiger partial charge in [-0.25, -0.2) is 0 Å². The molecule has 1 N–H and O–H groups in total. The molecule has 0 aromatic heterocycles. The monoisotopic (exact) mass is 172 g/mol. The van der Waals surface area contributed by atoms with Crippen molar-refractivity contribution >= 4 is 5.97 Å². The van der Waals surface area contributed by atoms with Gasteiger partial charge in [0.25, 0.3) is 5.97 Å². The highest BCUT2D eigenvalue weighted by atomic mass is 16.4. The summed E-state index contributed by atoms with van der Waals surface area (Å²) in [5, 5.41) is 7.42. The summed E-state index contributed by atoms with van der Waals surface area (Å²) in [6.07, 6.45) is 9.00. The molecule has 72 valence electrons. The van der Waals surface area contributed by atoms with Gasteiger partial charge in [-0.15, -0.1) is 13.2 Å². The molecule has 0 amide bonds. The van der Waals surface area contributed by atoms with Crippen molar-refractivity contribution < 1.29 is 9.90 Å². The van der Waals surface area contributed by atoms with Crippen molar-refractivity contribution in [3.63, 3.8) is 0 Å². The van der Waals surface area contributed by atoms with E-state index >= 15 is 0 Å². The second-order valence-corrected chi connectivity index (χ2v) is 2.64. The average Bonchev–Trinajstić information content (AvgIpc) is 2.10. The molecule has 0 heterocycles. The van der Waals surface area contributed by atoms with Crippen LogP contribution >= 0.6 is 0 Å². The molecule has 0 saturated heterocycles. The van der Waals surface area contributed by atoms with Crippen LogP contribution in [0.2, 0.25) is 0 Å². The predicted molar refractivity (Wildman–Crippen MR) is 52.3 cm³/mol. The van der Waals surface area contributed by atoms with Gasteiger partial charge in [0.15, 0.2) is 0 Å². The number of carboxylic acids is 1. The van der Waals surface area contributed by atoms with E-state index in [1.165, 1.54) is 38.5 Å². The van der Waals surface area contributed by atoms with Crippen molar-refractivity contribution in [2.45, 2.75) is 45.4 Å². The highest BCUT2D eigenvalue weighted by molar-refractivity contribution is 5.62. The molecule has 0 atom stereocenters. The SMILES string of the molecule is C1CCCCC1.C=C.CC(=O)O. The zero-order chi connectivity index (χ0) is 9.82. The van der Waals surface area contributed by atoms with Crippen LogP contribution in [0.3, 0.4) is 0 Å². The molecule has 0 radical (unpaired) electrons. The van der Waals surface area contributed by atoms with E-state index < -0.39 is 5.97 Å². The summed E-state index contributed by atoms with van der Waals surface area (Å²) in [5.41, 5.74) is 0. The quantitative estimate of drug-likeness (QED) is 0.569. The Kier molecular flexibility index (Phi) is 14.8. The molecule has 0 bridgehead atoms. The third kappa shape index (κ3) is 22.9. The minimum Gasteiger partial charge on any atom is -0.481 e. The van der Waals surface area contributed by atoms with Crippen molar-refractivity contribution in [2.24, 2.45) is 0 Å². The maximum atomic E-state index is 9.00. The lowest BCUT2D eigenvalue weighted by atomic mass is 10.0. The number of hydrogen-bond donors (Lipinski definition) is 1. The van der Waals surface area contributed by atoms with Crippen LogP contribution in [0.15, 0.2) is 13.2 Å². The van der Waals surface area contributed by atoms with Crippen molar-refractivity contribution in [3.05, 3.63) is 13.2 Å². The van der Waals surface area contributed by atoms with E-state index in [9.17, 15) is 0 Å². The molecule has 0 aliphatic heterocycles. The van der Waals surface area contributed by atoms with Crippen molar-refractivity contribution in [2.75, 3.05) is 0 Å². The molecule has 0 spiro atoms. The zero-order valence-electron chi connectivity index (χ0n) is 8.01. The second kappa shape index (κ2) is 12.8. The highest BCUT2D eigenvalue weighted by Gasteiger charge is 1.95. The van der Waals surface area contributed by atoms with Crippen molar-refractivity contribution in [1.82, 2.24) is 0 Å². The first-order valence-corrected chi connectivity index (χ1v) is 4.43. The third-order valence-electron chi connectivity index (χ3n) is 1.50. The molecule has 1 saturated carbocycles. The van der Waals surface area contributed by atoms with Gasteiger partial charge in [0.1, 0.15) is 0 Å². The van der Waals surface area contributed by atoms with Gasteiger partial charge in [-0.1, -0.05) is 38.5 Å². The summed E-state index contributed by atoms with van der Waals surface area (Å²) in [4.78, 5) is 9.00. The minimum atomic E-state index is -0.833. The number of carbonyl (C=O) groups is 1. The highest BCUT2D eigenvalue weighted by Crippen LogP contribution is 2.15. The van der Waals surface area contributed by atoms with Crippen molar-refractivity contribution in [3.8, 4) is 0 Å². The first-order valence-electron chi connectivity index (χ1n) is 4.43. The van der Waals surface area contributed by atoms with Crippen LogP contribution in [-0.2, 0) is 4.79 Å². The molecule has 2 heteroatoms. The van der Waals surface area contributed by atoms with Gasteiger partial charge in [0, 0.05) is 6.92 Å². The fourth-order valence-corrected chi connectivity index (χ4v) is 1.06. The Bertz CT molecular complexity index is 80.5. The van der Waals surface area contributed by atoms with E-state index in [1.807, 2.05) is 0 Å². The molecule has 0 unspecified atom stereocenters. The maximum absolute atomic E-state index is 9.00. The summed E-state index contributed by atoms with van der Waals surface area (Å²) in [6.45, 7) is 7.08. The fourth-order valence-electron chi connectivity index (χ4n) is 1.06. The van der Waals surface area contributed by atoms with Gasteiger partial charge >= 0.3 is 0 Å². The Morgan fingerprint density at radius 1 is 1.00 bits per heavy atom. The van der Waals surface area contributed by atoms with Crippen molar-refractivity contribution in [1.29, 1.82) is 0 Å². The van der Waals surface area contributed by atoms with E-state index in [1.54, 1.807) is 0 Å². The molecule has 0 aromatic rings. The number of aliphatic carboxylic acids is 1. The molecule has 1 fully saturated rings. The minimum absolute atomic E-state index is 0.833. The Morgan fingerprint density at radius 2 is 1.08 bits per heavy atom. The van der Waals surface area contributed by atoms with Crippen LogP contribution in [-0.4, -0.2) is 11.1 Å². The summed E-state index contributed by atoms with van der Waals surface area (Å²) in [6, 6.07) is 0. The molecular formula is C10H20O2. The van der Waals surface area contributed by atoms with E-state index in [0.717, 1.165) is 6.92 Å². The first-order chi connectivity index (χ1) is 5.73. The Labute approximate surface area is 75.3 Å². The van der Waals surface area contributed by atoms with Gasteiger partial charge in [-0.3, -0.25) is 4.79 Å². The van der Waals surface area contributed by atoms with Gasteiger partial charge < -0.3 is 5.11 Å². The standard InChI is InChI=1S/C6H12.C2H4O2.C2H4/c1-2-4-6-5-3-1;1-2(3)4;1-2/h1-6H2;1H3,(H,3,4);1-2H2. The van der Waals surface area contributed by atoms with E-state index in [4.69, 9.17) is 9.90 Å². The molecule has 1 aliphatic rings. The van der Waals surface area contributed by atoms with Crippen LogP contribution in [0.4, 0.5) is 0 Å². The molecule has 0 aromatic carbocycles. The normalized spacial score (nSPS) is 14.4. The first kappa shape index (κ1) is 13.8. The Morgan fingerprint density at radius 3 is 1.17 bits per heavy atom. The van der Waals surface area contributed by atoms with Crippen LogP contribution in [0.1, 0.15) is 45.4 Å². The van der Waals surface area contributed by atoms with E-state index in [2.05, 4.69) is 13.2 Å². The summed E-state index contributed by atoms with van der Waals surface area (Å²) < 4.78 is 0. The third-order valence-corrected chi connectivity index (χ3v) is 1.50. The van der Waals surface area contributed by atoms with Crippen LogP contribution in [0.5, 0.6) is 0 Å². The predicted octanol–water partition coefficient (Wildman–Crippen LogP) is 3.23. The lowest BCUT2D eigenvalue weighted by molar-refractivity contribution is -0.134. The smallest absolute Gasteiger partial charge is 0.300 e. The molecule has 1 rings (SSSR count). The summed E-state index contributed by atoms with van der Waals surface area (Å²) in [7, 11) is 0. The summed E-state index contributed by atoms with van der Waals surface area (Å²) in [5.74, 6) is -0.833. The van der Waals surface area contributed by atoms with Gasteiger partial charge in [-0.2, -0.15) is 0 Å². The van der Waals surface area contributed by atoms with Crippen LogP contribution in [0, 0.1) is 0 Å². The van der Waals surface area contributed by atoms with Gasteiger partial charge in [0.05, 0.1) is 0 Å². The lowest BCUT2D eigenvalue weighted by Gasteiger charge is -2.05. The van der Waals surface area contributed by atoms with Gasteiger partial charge in [-0.05, 0) is 0 Å². The van der Waals surface area contributed by atoms with Crippen LogP contribution < -0.4 is 0 Å². The zero-order valence-corrected chi connectivity index (χ0v) is 8.01. The van der Waals surface area contributed by atoms with E-state index in [-0.39, 0.29) is 0 Å². The largest absolute Gasteiger partial charge is 0.481 e. The Balaban J connectivity index is 0. The molecule has 1 aliphatic carbocycles. The molecular weight excluding hydrogens is 152 g/mol. The molecule has 12 heavy (non-hydrogen) atoms. The lowest BCUT2D eigenvalue weighted by Crippen LogP contribution is -1.85. The number of carboxylic acid groups (broad SMARTS) is 1. The maximum Gasteiger partial charge on any atom is 0.300 e. The fraction of sp³-hybridized carbons (Fsp3) is 0.700. The topological polar surface area (TPSA) is 37.3 Å². The van der Waals surface area contributed by atoms with E-state index in [0.29, 0.717) is 0 Å². The van der Waals surface area contributed by atoms with Crippen LogP contribution in [0.25, 0.3) is 0 Å². The number of hydrogen-bond acceptors (Lipinski definition) is 1. The average molecular weight is 172 g/mol. The Hall–Kier alpha value is -0.790. The summed E-state index contributed by atoms with van der Waals surface area (Å²) >= 11 is 0. The molecule has 2 nitrogen and oxygen atoms in total. The number of rotatable bonds is 0. The van der Waals surface area contributed by atoms with Gasteiger partial charge in [0.2, 0.25) is 0 Å².